The predicted molar refractivity (Wildman–Crippen MR) is 160 cm³/mol. The normalized spacial score (nSPS) is 14.4. The van der Waals surface area contributed by atoms with Gasteiger partial charge in [0, 0.05) is 0 Å². The summed E-state index contributed by atoms with van der Waals surface area (Å²) in [6.45, 7) is 19.1. The minimum absolute atomic E-state index is 0.265. The highest BCUT2D eigenvalue weighted by atomic mass is 16.5. The Balaban J connectivity index is 4.58. The molecule has 0 saturated heterocycles. The zero-order chi connectivity index (χ0) is 26.4. The highest BCUT2D eigenvalue weighted by Crippen LogP contribution is 2.38. The summed E-state index contributed by atoms with van der Waals surface area (Å²) < 4.78 is 7.11. The second-order valence-electron chi connectivity index (χ2n) is 13.0. The highest BCUT2D eigenvalue weighted by molar-refractivity contribution is 4.84. The van der Waals surface area contributed by atoms with Crippen molar-refractivity contribution >= 4 is 0 Å². The van der Waals surface area contributed by atoms with Gasteiger partial charge in [-0.3, -0.25) is 0 Å². The Labute approximate surface area is 224 Å². The Morgan fingerprint density at radius 1 is 0.400 bits per heavy atom. The van der Waals surface area contributed by atoms with Crippen LogP contribution in [0.3, 0.4) is 0 Å². The van der Waals surface area contributed by atoms with E-state index in [1.807, 2.05) is 0 Å². The molecule has 1 nitrogen and oxygen atoms in total. The summed E-state index contributed by atoms with van der Waals surface area (Å²) in [4.78, 5) is 0. The second kappa shape index (κ2) is 22.0. The van der Waals surface area contributed by atoms with Gasteiger partial charge in [-0.05, 0) is 36.5 Å². The molecule has 35 heavy (non-hydrogen) atoms. The molecule has 0 bridgehead atoms. The van der Waals surface area contributed by atoms with E-state index in [2.05, 4.69) is 55.4 Å². The van der Waals surface area contributed by atoms with Crippen LogP contribution in [0.25, 0.3) is 0 Å². The average Bonchev–Trinajstić information content (AvgIpc) is 2.84. The van der Waals surface area contributed by atoms with E-state index in [9.17, 15) is 0 Å². The predicted octanol–water partition coefficient (Wildman–Crippen LogP) is 12.5. The fourth-order valence-electron chi connectivity index (χ4n) is 5.22. The molecule has 0 amide bonds. The van der Waals surface area contributed by atoms with Crippen LogP contribution in [-0.4, -0.2) is 12.2 Å². The van der Waals surface area contributed by atoms with Crippen molar-refractivity contribution in [2.75, 3.05) is 0 Å². The number of hydrogen-bond donors (Lipinski definition) is 0. The first-order valence-electron chi connectivity index (χ1n) is 16.4. The molecule has 212 valence electrons. The molecule has 0 aliphatic heterocycles. The van der Waals surface area contributed by atoms with Crippen molar-refractivity contribution in [2.24, 2.45) is 10.8 Å². The number of hydrogen-bond acceptors (Lipinski definition) is 1. The van der Waals surface area contributed by atoms with E-state index in [0.717, 1.165) is 0 Å². The zero-order valence-corrected chi connectivity index (χ0v) is 26.1. The van der Waals surface area contributed by atoms with E-state index < -0.39 is 0 Å². The van der Waals surface area contributed by atoms with Gasteiger partial charge in [-0.15, -0.1) is 0 Å². The molecule has 0 spiro atoms. The van der Waals surface area contributed by atoms with Crippen molar-refractivity contribution in [3.05, 3.63) is 0 Å². The van der Waals surface area contributed by atoms with Gasteiger partial charge in [-0.1, -0.05) is 171 Å². The first-order valence-corrected chi connectivity index (χ1v) is 16.4. The largest absolute Gasteiger partial charge is 0.374 e. The Morgan fingerprint density at radius 2 is 0.657 bits per heavy atom. The number of unbranched alkanes of at least 4 members (excludes halogenated alkanes) is 16. The molecule has 0 aliphatic rings. The first kappa shape index (κ1) is 35.0. The van der Waals surface area contributed by atoms with Gasteiger partial charge in [0.15, 0.2) is 0 Å². The Kier molecular flexibility index (Phi) is 22.0. The van der Waals surface area contributed by atoms with Gasteiger partial charge in [0.1, 0.15) is 0 Å². The third kappa shape index (κ3) is 18.0. The van der Waals surface area contributed by atoms with E-state index in [1.165, 1.54) is 141 Å². The third-order valence-electron chi connectivity index (χ3n) is 9.03. The van der Waals surface area contributed by atoms with E-state index in [4.69, 9.17) is 4.74 Å². The van der Waals surface area contributed by atoms with E-state index in [0.29, 0.717) is 12.2 Å². The minimum Gasteiger partial charge on any atom is -0.374 e. The Bertz CT molecular complexity index is 398. The van der Waals surface area contributed by atoms with E-state index in [1.54, 1.807) is 0 Å². The highest BCUT2D eigenvalue weighted by Gasteiger charge is 2.35. The third-order valence-corrected chi connectivity index (χ3v) is 9.03. The van der Waals surface area contributed by atoms with Crippen LogP contribution in [0, 0.1) is 10.8 Å². The average molecular weight is 495 g/mol. The molecule has 0 radical (unpaired) electrons. The maximum Gasteiger partial charge on any atom is 0.0629 e. The van der Waals surface area contributed by atoms with Gasteiger partial charge in [-0.2, -0.15) is 0 Å². The van der Waals surface area contributed by atoms with Crippen LogP contribution in [0.2, 0.25) is 0 Å². The van der Waals surface area contributed by atoms with Gasteiger partial charge >= 0.3 is 0 Å². The lowest BCUT2D eigenvalue weighted by molar-refractivity contribution is -0.123. The fourth-order valence-corrected chi connectivity index (χ4v) is 5.22. The SMILES string of the molecule is CCCCCCCCCCCC(OC(CCCCCCCCCCC)C(C)(C)CC)C(C)(C)CC. The molecule has 2 unspecified atom stereocenters. The second-order valence-corrected chi connectivity index (χ2v) is 13.0. The summed E-state index contributed by atoms with van der Waals surface area (Å²) in [6, 6.07) is 0. The van der Waals surface area contributed by atoms with Gasteiger partial charge in [0.05, 0.1) is 12.2 Å². The van der Waals surface area contributed by atoms with Crippen LogP contribution in [0.1, 0.15) is 197 Å². The van der Waals surface area contributed by atoms with Crippen molar-refractivity contribution in [3.63, 3.8) is 0 Å². The van der Waals surface area contributed by atoms with E-state index in [-0.39, 0.29) is 10.8 Å². The number of ether oxygens (including phenoxy) is 1. The summed E-state index contributed by atoms with van der Waals surface area (Å²) in [5.74, 6) is 0. The minimum atomic E-state index is 0.265. The zero-order valence-electron chi connectivity index (χ0n) is 26.1. The Morgan fingerprint density at radius 3 is 0.914 bits per heavy atom. The molecular weight excluding hydrogens is 424 g/mol. The topological polar surface area (TPSA) is 9.23 Å². The smallest absolute Gasteiger partial charge is 0.0629 e. The van der Waals surface area contributed by atoms with Crippen LogP contribution in [0.15, 0.2) is 0 Å². The van der Waals surface area contributed by atoms with Crippen LogP contribution in [0.4, 0.5) is 0 Å². The molecule has 0 fully saturated rings. The first-order chi connectivity index (χ1) is 16.7. The van der Waals surface area contributed by atoms with Gasteiger partial charge < -0.3 is 4.74 Å². The van der Waals surface area contributed by atoms with Crippen molar-refractivity contribution in [1.82, 2.24) is 0 Å². The maximum absolute atomic E-state index is 7.11. The van der Waals surface area contributed by atoms with Crippen LogP contribution < -0.4 is 0 Å². The quantitative estimate of drug-likeness (QED) is 0.109. The lowest BCUT2D eigenvalue weighted by Crippen LogP contribution is -2.41. The van der Waals surface area contributed by atoms with Crippen LogP contribution in [-0.2, 0) is 4.74 Å². The summed E-state index contributed by atoms with van der Waals surface area (Å²) >= 11 is 0. The molecule has 1 heteroatoms. The van der Waals surface area contributed by atoms with Crippen LogP contribution >= 0.6 is 0 Å². The summed E-state index contributed by atoms with van der Waals surface area (Å²) in [5, 5.41) is 0. The van der Waals surface area contributed by atoms with Crippen molar-refractivity contribution in [3.8, 4) is 0 Å². The Hall–Kier alpha value is -0.0400. The molecule has 0 aromatic carbocycles. The fraction of sp³-hybridized carbons (Fsp3) is 1.00. The van der Waals surface area contributed by atoms with Gasteiger partial charge in [0.25, 0.3) is 0 Å². The lowest BCUT2D eigenvalue weighted by Gasteiger charge is -2.42. The maximum atomic E-state index is 7.11. The molecule has 0 N–H and O–H groups in total. The standard InChI is InChI=1S/C34H70O/c1-9-13-15-17-19-21-23-25-27-29-31(33(5,6)11-3)35-32(34(7,8)12-4)30-28-26-24-22-20-18-16-14-10-2/h31-32H,9-30H2,1-8H3. The van der Waals surface area contributed by atoms with Crippen LogP contribution in [0.5, 0.6) is 0 Å². The lowest BCUT2D eigenvalue weighted by atomic mass is 9.78. The molecular formula is C34H70O. The molecule has 0 aromatic rings. The van der Waals surface area contributed by atoms with Crippen molar-refractivity contribution < 1.29 is 4.74 Å². The molecule has 2 atom stereocenters. The summed E-state index contributed by atoms with van der Waals surface area (Å²) in [7, 11) is 0. The van der Waals surface area contributed by atoms with E-state index >= 15 is 0 Å². The number of rotatable bonds is 26. The van der Waals surface area contributed by atoms with Crippen molar-refractivity contribution in [2.45, 2.75) is 209 Å². The summed E-state index contributed by atoms with van der Waals surface area (Å²) in [6.07, 6.45) is 30.9. The molecule has 0 rings (SSSR count). The van der Waals surface area contributed by atoms with Crippen molar-refractivity contribution in [1.29, 1.82) is 0 Å². The molecule has 0 heterocycles. The van der Waals surface area contributed by atoms with Gasteiger partial charge in [-0.25, -0.2) is 0 Å². The molecule has 0 aliphatic carbocycles. The van der Waals surface area contributed by atoms with Gasteiger partial charge in [0.2, 0.25) is 0 Å². The monoisotopic (exact) mass is 495 g/mol. The molecule has 0 aromatic heterocycles. The molecule has 0 saturated carbocycles. The summed E-state index contributed by atoms with van der Waals surface area (Å²) in [5.41, 5.74) is 0.529.